The van der Waals surface area contributed by atoms with E-state index in [4.69, 9.17) is 23.2 Å². The Kier molecular flexibility index (Phi) is 7.77. The maximum absolute atomic E-state index is 12.6. The molecule has 0 bridgehead atoms. The summed E-state index contributed by atoms with van der Waals surface area (Å²) in [5.41, 5.74) is 2.96. The number of hydrogen-bond donors (Lipinski definition) is 2. The van der Waals surface area contributed by atoms with Crippen LogP contribution in [0.3, 0.4) is 0 Å². The fourth-order valence-electron chi connectivity index (χ4n) is 3.79. The zero-order chi connectivity index (χ0) is 26.0. The third kappa shape index (κ3) is 7.05. The number of carbonyl (C=O) groups is 1. The first-order valence-electron chi connectivity index (χ1n) is 12.4. The lowest BCUT2D eigenvalue weighted by Gasteiger charge is -2.19. The van der Waals surface area contributed by atoms with Gasteiger partial charge >= 0.3 is 0 Å². The summed E-state index contributed by atoms with van der Waals surface area (Å²) in [7, 11) is 0. The zero-order valence-electron chi connectivity index (χ0n) is 20.7. The van der Waals surface area contributed by atoms with Gasteiger partial charge in [-0.1, -0.05) is 52.9 Å². The highest BCUT2D eigenvalue weighted by Crippen LogP contribution is 2.41. The summed E-state index contributed by atoms with van der Waals surface area (Å²) in [6.45, 7) is 5.14. The second-order valence-corrected chi connectivity index (χ2v) is 11.8. The maximum Gasteiger partial charge on any atom is 0.234 e. The number of amides is 1. The number of thioether (sulfide) groups is 1. The Morgan fingerprint density at radius 1 is 1.14 bits per heavy atom. The van der Waals surface area contributed by atoms with Crippen molar-refractivity contribution in [3.05, 3.63) is 57.6 Å². The Labute approximate surface area is 231 Å². The minimum atomic E-state index is -0.280. The Bertz CT molecular complexity index is 1370. The molecule has 37 heavy (non-hydrogen) atoms. The van der Waals surface area contributed by atoms with Gasteiger partial charge in [0.2, 0.25) is 11.1 Å². The van der Waals surface area contributed by atoms with Crippen LogP contribution in [0.4, 0.5) is 5.69 Å². The van der Waals surface area contributed by atoms with Crippen LogP contribution in [-0.4, -0.2) is 44.0 Å². The highest BCUT2D eigenvalue weighted by atomic mass is 35.5. The van der Waals surface area contributed by atoms with E-state index in [1.807, 2.05) is 18.2 Å². The molecule has 2 N–H and O–H groups in total. The lowest BCUT2D eigenvalue weighted by atomic mass is 10.1. The summed E-state index contributed by atoms with van der Waals surface area (Å²) in [6, 6.07) is 11.3. The van der Waals surface area contributed by atoms with Gasteiger partial charge in [0.15, 0.2) is 0 Å². The smallest absolute Gasteiger partial charge is 0.234 e. The third-order valence-corrected chi connectivity index (χ3v) is 7.85. The first-order chi connectivity index (χ1) is 17.8. The number of halogens is 2. The molecule has 0 radical (unpaired) electrons. The predicted molar refractivity (Wildman–Crippen MR) is 149 cm³/mol. The fraction of sp³-hybridized carbons (Fsp3) is 0.407. The van der Waals surface area contributed by atoms with Gasteiger partial charge in [-0.05, 0) is 104 Å². The molecule has 0 saturated heterocycles. The molecule has 0 aliphatic heterocycles. The van der Waals surface area contributed by atoms with Crippen LogP contribution in [0.25, 0.3) is 5.69 Å². The van der Waals surface area contributed by atoms with Crippen molar-refractivity contribution in [2.75, 3.05) is 17.6 Å². The molecule has 2 aromatic carbocycles. The average Bonchev–Trinajstić information content (AvgIpc) is 3.80. The molecular weight excluding hydrogens is 527 g/mol. The summed E-state index contributed by atoms with van der Waals surface area (Å²) in [5.74, 6) is 7.74. The third-order valence-electron chi connectivity index (χ3n) is 6.31. The molecule has 1 heterocycles. The zero-order valence-corrected chi connectivity index (χ0v) is 23.1. The second-order valence-electron chi connectivity index (χ2n) is 10.1. The Balaban J connectivity index is 1.17. The maximum atomic E-state index is 12.6. The van der Waals surface area contributed by atoms with Gasteiger partial charge in [0, 0.05) is 5.56 Å². The molecule has 0 spiro atoms. The second kappa shape index (κ2) is 11.0. The molecule has 2 fully saturated rings. The summed E-state index contributed by atoms with van der Waals surface area (Å²) >= 11 is 14.2. The van der Waals surface area contributed by atoms with Gasteiger partial charge in [0.05, 0.1) is 32.7 Å². The topological polar surface area (TPSA) is 84.7 Å². The van der Waals surface area contributed by atoms with Crippen LogP contribution in [0.15, 0.2) is 41.6 Å². The van der Waals surface area contributed by atoms with Crippen molar-refractivity contribution >= 4 is 46.6 Å². The van der Waals surface area contributed by atoms with E-state index in [0.29, 0.717) is 32.5 Å². The molecular formula is C27H28Cl2N6OS. The predicted octanol–water partition coefficient (Wildman–Crippen LogP) is 5.71. The monoisotopic (exact) mass is 554 g/mol. The quantitative estimate of drug-likeness (QED) is 0.260. The number of aromatic nitrogens is 4. The Morgan fingerprint density at radius 2 is 1.95 bits per heavy atom. The molecule has 2 saturated carbocycles. The fourth-order valence-corrected chi connectivity index (χ4v) is 4.97. The molecule has 1 aromatic heterocycles. The van der Waals surface area contributed by atoms with Crippen molar-refractivity contribution in [1.82, 2.24) is 25.5 Å². The molecule has 192 valence electrons. The summed E-state index contributed by atoms with van der Waals surface area (Å²) < 4.78 is 1.55. The summed E-state index contributed by atoms with van der Waals surface area (Å²) in [4.78, 5) is 12.6. The van der Waals surface area contributed by atoms with Gasteiger partial charge in [0.25, 0.3) is 0 Å². The largest absolute Gasteiger partial charge is 0.324 e. The molecule has 0 unspecified atom stereocenters. The first kappa shape index (κ1) is 26.1. The molecule has 0 atom stereocenters. The van der Waals surface area contributed by atoms with Crippen LogP contribution < -0.4 is 10.6 Å². The van der Waals surface area contributed by atoms with Crippen LogP contribution in [0.5, 0.6) is 0 Å². The van der Waals surface area contributed by atoms with Crippen molar-refractivity contribution in [2.24, 2.45) is 5.92 Å². The molecule has 3 aromatic rings. The van der Waals surface area contributed by atoms with Gasteiger partial charge < -0.3 is 10.6 Å². The number of tetrazole rings is 1. The van der Waals surface area contributed by atoms with Crippen LogP contribution in [0.1, 0.15) is 56.6 Å². The molecule has 2 aliphatic rings. The van der Waals surface area contributed by atoms with Gasteiger partial charge in [-0.3, -0.25) is 4.79 Å². The van der Waals surface area contributed by atoms with Crippen LogP contribution in [-0.2, 0) is 4.79 Å². The molecule has 7 nitrogen and oxygen atoms in total. The average molecular weight is 556 g/mol. The van der Waals surface area contributed by atoms with Crippen molar-refractivity contribution in [2.45, 2.75) is 56.1 Å². The molecule has 1 amide bonds. The van der Waals surface area contributed by atoms with E-state index in [-0.39, 0.29) is 17.2 Å². The normalized spacial score (nSPS) is 15.2. The van der Waals surface area contributed by atoms with E-state index in [1.54, 1.807) is 16.8 Å². The number of nitrogens with one attached hydrogen (secondary N) is 2. The lowest BCUT2D eigenvalue weighted by Crippen LogP contribution is -2.39. The van der Waals surface area contributed by atoms with Gasteiger partial charge in [-0.25, -0.2) is 0 Å². The lowest BCUT2D eigenvalue weighted by molar-refractivity contribution is -0.113. The Morgan fingerprint density at radius 3 is 2.65 bits per heavy atom. The van der Waals surface area contributed by atoms with Gasteiger partial charge in [-0.2, -0.15) is 4.68 Å². The molecule has 10 heteroatoms. The van der Waals surface area contributed by atoms with E-state index < -0.39 is 0 Å². The van der Waals surface area contributed by atoms with Gasteiger partial charge in [0.1, 0.15) is 0 Å². The number of benzene rings is 2. The van der Waals surface area contributed by atoms with Crippen LogP contribution in [0.2, 0.25) is 10.0 Å². The van der Waals surface area contributed by atoms with Crippen LogP contribution in [0, 0.1) is 17.8 Å². The SMILES string of the molecule is CC(C)(C#Cc1ccc(NC(=O)CSc2nnnn2-c2ccc(C3CC3)cc2Cl)c(Cl)c1)NCC1CC1. The van der Waals surface area contributed by atoms with E-state index in [2.05, 4.69) is 57.9 Å². The van der Waals surface area contributed by atoms with Crippen LogP contribution >= 0.6 is 35.0 Å². The highest BCUT2D eigenvalue weighted by molar-refractivity contribution is 7.99. The molecule has 2 aliphatic carbocycles. The van der Waals surface area contributed by atoms with Crippen molar-refractivity contribution in [3.8, 4) is 17.5 Å². The number of carbonyl (C=O) groups excluding carboxylic acids is 1. The first-order valence-corrected chi connectivity index (χ1v) is 14.1. The van der Waals surface area contributed by atoms with Crippen molar-refractivity contribution < 1.29 is 4.79 Å². The standard InChI is InChI=1S/C27H28Cl2N6OS/c1-27(2,30-15-18-3-4-18)12-11-17-5-9-23(21(28)13-17)31-25(36)16-37-26-32-33-34-35(26)24-10-8-20(14-22(24)29)19-6-7-19/h5,8-10,13-14,18-19,30H,3-4,6-7,15-16H2,1-2H3,(H,31,36). The Hall–Kier alpha value is -2.57. The van der Waals surface area contributed by atoms with Crippen molar-refractivity contribution in [1.29, 1.82) is 0 Å². The van der Waals surface area contributed by atoms with Crippen molar-refractivity contribution in [3.63, 3.8) is 0 Å². The summed E-state index contributed by atoms with van der Waals surface area (Å²) in [5, 5.41) is 19.7. The highest BCUT2D eigenvalue weighted by Gasteiger charge is 2.25. The van der Waals surface area contributed by atoms with Gasteiger partial charge in [-0.15, -0.1) is 5.10 Å². The van der Waals surface area contributed by atoms with E-state index in [9.17, 15) is 4.79 Å². The summed E-state index contributed by atoms with van der Waals surface area (Å²) in [6.07, 6.45) is 5.01. The number of hydrogen-bond acceptors (Lipinski definition) is 6. The minimum absolute atomic E-state index is 0.108. The minimum Gasteiger partial charge on any atom is -0.324 e. The van der Waals surface area contributed by atoms with E-state index in [0.717, 1.165) is 18.0 Å². The number of nitrogens with zero attached hydrogens (tertiary/aromatic N) is 4. The number of rotatable bonds is 9. The van der Waals surface area contributed by atoms with E-state index in [1.165, 1.54) is 43.0 Å². The molecule has 5 rings (SSSR count). The van der Waals surface area contributed by atoms with E-state index >= 15 is 0 Å². The number of anilines is 1.